The van der Waals surface area contributed by atoms with Crippen LogP contribution in [0.15, 0.2) is 0 Å². The summed E-state index contributed by atoms with van der Waals surface area (Å²) in [7, 11) is 6.90. The van der Waals surface area contributed by atoms with Gasteiger partial charge in [-0.25, -0.2) is 0 Å². The molecular weight excluding hydrogens is 346 g/mol. The van der Waals surface area contributed by atoms with Crippen LogP contribution in [0.4, 0.5) is 0 Å². The van der Waals surface area contributed by atoms with Crippen molar-refractivity contribution in [2.24, 2.45) is 0 Å². The third kappa shape index (κ3) is 36.4. The van der Waals surface area contributed by atoms with E-state index in [0.29, 0.717) is 0 Å². The van der Waals surface area contributed by atoms with Crippen molar-refractivity contribution in [2.75, 3.05) is 27.7 Å². The number of carbonyl (C=O) groups is 1. The molecule has 0 fully saturated rings. The molecule has 0 aromatic rings. The van der Waals surface area contributed by atoms with Crippen molar-refractivity contribution in [3.63, 3.8) is 0 Å². The topological polar surface area (TPSA) is 40.1 Å². The molecule has 0 amide bonds. The van der Waals surface area contributed by atoms with E-state index in [4.69, 9.17) is 9.90 Å². The molecule has 0 aliphatic carbocycles. The number of nitrogens with zero attached hydrogens (tertiary/aromatic N) is 1. The molecule has 0 aliphatic heterocycles. The summed E-state index contributed by atoms with van der Waals surface area (Å²) in [4.78, 5) is 8.89. The highest BCUT2D eigenvalue weighted by atomic mass is 16.4. The molecule has 0 N–H and O–H groups in total. The van der Waals surface area contributed by atoms with Gasteiger partial charge in [0.25, 0.3) is 0 Å². The second-order valence-corrected chi connectivity index (χ2v) is 9.52. The zero-order chi connectivity index (χ0) is 21.5. The average molecular weight is 400 g/mol. The first kappa shape index (κ1) is 29.6. The van der Waals surface area contributed by atoms with Gasteiger partial charge in [0.15, 0.2) is 0 Å². The van der Waals surface area contributed by atoms with Crippen LogP contribution >= 0.6 is 0 Å². The van der Waals surface area contributed by atoms with Gasteiger partial charge >= 0.3 is 0 Å². The zero-order valence-corrected chi connectivity index (χ0v) is 20.2. The van der Waals surface area contributed by atoms with Crippen molar-refractivity contribution in [3.05, 3.63) is 0 Å². The van der Waals surface area contributed by atoms with E-state index in [1.165, 1.54) is 122 Å². The monoisotopic (exact) mass is 399 g/mol. The van der Waals surface area contributed by atoms with Crippen LogP contribution in [-0.2, 0) is 4.79 Å². The summed E-state index contributed by atoms with van der Waals surface area (Å²) in [5, 5.41) is 8.89. The number of aliphatic carboxylic acids is 1. The van der Waals surface area contributed by atoms with Crippen LogP contribution in [0.1, 0.15) is 129 Å². The predicted molar refractivity (Wildman–Crippen MR) is 122 cm³/mol. The summed E-state index contributed by atoms with van der Waals surface area (Å²) in [5.74, 6) is -1.08. The van der Waals surface area contributed by atoms with Crippen LogP contribution < -0.4 is 5.11 Å². The smallest absolute Gasteiger partial charge is 0.0780 e. The van der Waals surface area contributed by atoms with Gasteiger partial charge in [-0.1, -0.05) is 110 Å². The fraction of sp³-hybridized carbons (Fsp3) is 0.960. The van der Waals surface area contributed by atoms with Crippen LogP contribution in [0, 0.1) is 0 Å². The molecule has 0 saturated heterocycles. The Kier molecular flexibility index (Phi) is 24.0. The van der Waals surface area contributed by atoms with Gasteiger partial charge in [0, 0.05) is 5.97 Å². The highest BCUT2D eigenvalue weighted by molar-refractivity contribution is 5.60. The largest absolute Gasteiger partial charge is 0.550 e. The molecule has 0 aromatic carbocycles. The molecule has 3 nitrogen and oxygen atoms in total. The Hall–Kier alpha value is -0.570. The minimum Gasteiger partial charge on any atom is -0.550 e. The summed E-state index contributed by atoms with van der Waals surface area (Å²) in [6.45, 7) is 4.60. The maximum absolute atomic E-state index is 8.89. The molecule has 0 heterocycles. The Morgan fingerprint density at radius 3 is 1.00 bits per heavy atom. The number of quaternary nitrogens is 1. The van der Waals surface area contributed by atoms with Crippen molar-refractivity contribution in [3.8, 4) is 0 Å². The number of hydrogen-bond donors (Lipinski definition) is 0. The van der Waals surface area contributed by atoms with Gasteiger partial charge in [-0.05, 0) is 19.8 Å². The van der Waals surface area contributed by atoms with Crippen LogP contribution in [0.25, 0.3) is 0 Å². The number of hydrogen-bond acceptors (Lipinski definition) is 2. The SMILES string of the molecule is CC(=O)[O-].CCCCCCCCCCCCCCCCCCCC[N+](C)(C)C. The standard InChI is InChI=1S/C23H50N.C2H4O2/c1-5-6-7-8-9-10-11-12-13-14-15-16-17-18-19-20-21-22-23-24(2,3)4;1-2(3)4/h5-23H2,1-4H3;1H3,(H,3,4)/q+1;/p-1. The Morgan fingerprint density at radius 1 is 0.571 bits per heavy atom. The highest BCUT2D eigenvalue weighted by Gasteiger charge is 2.04. The fourth-order valence-corrected chi connectivity index (χ4v) is 3.49. The highest BCUT2D eigenvalue weighted by Crippen LogP contribution is 2.14. The van der Waals surface area contributed by atoms with Gasteiger partial charge in [-0.2, -0.15) is 0 Å². The Bertz CT molecular complexity index is 306. The quantitative estimate of drug-likeness (QED) is 0.184. The second kappa shape index (κ2) is 22.7. The first-order chi connectivity index (χ1) is 13.3. The molecule has 0 bridgehead atoms. The number of rotatable bonds is 19. The van der Waals surface area contributed by atoms with Crippen molar-refractivity contribution >= 4 is 5.97 Å². The van der Waals surface area contributed by atoms with Crippen LogP contribution in [-0.4, -0.2) is 38.1 Å². The Labute approximate surface area is 177 Å². The van der Waals surface area contributed by atoms with Gasteiger partial charge in [0.05, 0.1) is 27.7 Å². The molecule has 170 valence electrons. The minimum atomic E-state index is -1.08. The van der Waals surface area contributed by atoms with Crippen molar-refractivity contribution < 1.29 is 14.4 Å². The van der Waals surface area contributed by atoms with Crippen molar-refractivity contribution in [1.29, 1.82) is 0 Å². The van der Waals surface area contributed by atoms with Gasteiger partial charge in [-0.15, -0.1) is 0 Å². The molecule has 28 heavy (non-hydrogen) atoms. The van der Waals surface area contributed by atoms with Crippen molar-refractivity contribution in [1.82, 2.24) is 0 Å². The molecule has 0 radical (unpaired) electrons. The van der Waals surface area contributed by atoms with Gasteiger partial charge in [0.1, 0.15) is 0 Å². The van der Waals surface area contributed by atoms with Gasteiger partial charge < -0.3 is 14.4 Å². The fourth-order valence-electron chi connectivity index (χ4n) is 3.49. The number of carbonyl (C=O) groups excluding carboxylic acids is 1. The molecular formula is C25H53NO2. The lowest BCUT2D eigenvalue weighted by atomic mass is 10.0. The molecule has 0 aromatic heterocycles. The molecule has 0 unspecified atom stereocenters. The minimum absolute atomic E-state index is 0.972. The van der Waals surface area contributed by atoms with Crippen LogP contribution in [0.2, 0.25) is 0 Å². The van der Waals surface area contributed by atoms with Crippen molar-refractivity contribution in [2.45, 2.75) is 129 Å². The third-order valence-electron chi connectivity index (χ3n) is 5.18. The summed E-state index contributed by atoms with van der Waals surface area (Å²) >= 11 is 0. The van der Waals surface area contributed by atoms with E-state index >= 15 is 0 Å². The Balaban J connectivity index is 0. The van der Waals surface area contributed by atoms with E-state index in [0.717, 1.165) is 11.4 Å². The van der Waals surface area contributed by atoms with Gasteiger partial charge in [-0.3, -0.25) is 0 Å². The first-order valence-corrected chi connectivity index (χ1v) is 12.3. The summed E-state index contributed by atoms with van der Waals surface area (Å²) in [6, 6.07) is 0. The number of unbranched alkanes of at least 4 members (excludes halogenated alkanes) is 17. The second-order valence-electron chi connectivity index (χ2n) is 9.52. The maximum atomic E-state index is 8.89. The lowest BCUT2D eigenvalue weighted by molar-refractivity contribution is -0.870. The van der Waals surface area contributed by atoms with Crippen LogP contribution in [0.5, 0.6) is 0 Å². The van der Waals surface area contributed by atoms with E-state index in [1.54, 1.807) is 0 Å². The van der Waals surface area contributed by atoms with E-state index in [-0.39, 0.29) is 0 Å². The molecule has 0 rings (SSSR count). The van der Waals surface area contributed by atoms with Gasteiger partial charge in [0.2, 0.25) is 0 Å². The molecule has 3 heteroatoms. The average Bonchev–Trinajstić information content (AvgIpc) is 2.59. The lowest BCUT2D eigenvalue weighted by Gasteiger charge is -2.23. The number of carboxylic acids is 1. The molecule has 0 aliphatic rings. The summed E-state index contributed by atoms with van der Waals surface area (Å²) < 4.78 is 1.12. The number of carboxylic acid groups (broad SMARTS) is 1. The van der Waals surface area contributed by atoms with E-state index < -0.39 is 5.97 Å². The normalized spacial score (nSPS) is 11.2. The Morgan fingerprint density at radius 2 is 0.786 bits per heavy atom. The van der Waals surface area contributed by atoms with E-state index in [2.05, 4.69) is 28.1 Å². The molecule has 0 saturated carbocycles. The molecule has 0 atom stereocenters. The predicted octanol–water partition coefficient (Wildman–Crippen LogP) is 6.49. The zero-order valence-electron chi connectivity index (χ0n) is 20.2. The maximum Gasteiger partial charge on any atom is 0.0780 e. The van der Waals surface area contributed by atoms with E-state index in [1.807, 2.05) is 0 Å². The lowest BCUT2D eigenvalue weighted by Crippen LogP contribution is -2.35. The van der Waals surface area contributed by atoms with Crippen LogP contribution in [0.3, 0.4) is 0 Å². The summed E-state index contributed by atoms with van der Waals surface area (Å²) in [6.07, 6.45) is 26.3. The summed E-state index contributed by atoms with van der Waals surface area (Å²) in [5.41, 5.74) is 0. The first-order valence-electron chi connectivity index (χ1n) is 12.3. The molecule has 0 spiro atoms. The van der Waals surface area contributed by atoms with E-state index in [9.17, 15) is 0 Å². The third-order valence-corrected chi connectivity index (χ3v) is 5.18.